The van der Waals surface area contributed by atoms with E-state index < -0.39 is 0 Å². The van der Waals surface area contributed by atoms with Crippen molar-refractivity contribution in [1.29, 1.82) is 0 Å². The molecule has 0 aromatic carbocycles. The Kier molecular flexibility index (Phi) is 5.38. The van der Waals surface area contributed by atoms with Crippen LogP contribution in [0.3, 0.4) is 0 Å². The molecule has 0 bridgehead atoms. The zero-order valence-corrected chi connectivity index (χ0v) is 10.4. The van der Waals surface area contributed by atoms with Crippen LogP contribution in [0.25, 0.3) is 0 Å². The van der Waals surface area contributed by atoms with Gasteiger partial charge in [-0.15, -0.1) is 0 Å². The molecule has 0 saturated carbocycles. The number of hydrogen-bond acceptors (Lipinski definition) is 2. The molecule has 1 aliphatic heterocycles. The second-order valence-corrected chi connectivity index (χ2v) is 5.53. The van der Waals surface area contributed by atoms with Gasteiger partial charge in [0.15, 0.2) is 5.17 Å². The number of hydrogen-bond donors (Lipinski definition) is 1. The lowest BCUT2D eigenvalue weighted by atomic mass is 10.2. The Morgan fingerprint density at radius 2 is 2.21 bits per heavy atom. The minimum absolute atomic E-state index is 0.594. The maximum atomic E-state index is 4.59. The molecule has 1 N–H and O–H groups in total. The molecule has 3 heteroatoms. The van der Waals surface area contributed by atoms with Crippen LogP contribution >= 0.6 is 11.8 Å². The largest absolute Gasteiger partial charge is 0.362 e. The fraction of sp³-hybridized carbons (Fsp3) is 0.909. The Morgan fingerprint density at radius 3 is 2.86 bits per heavy atom. The van der Waals surface area contributed by atoms with E-state index in [2.05, 4.69) is 31.1 Å². The number of rotatable bonds is 4. The Morgan fingerprint density at radius 1 is 1.43 bits per heavy atom. The first-order valence-electron chi connectivity index (χ1n) is 5.70. The first-order valence-corrected chi connectivity index (χ1v) is 6.58. The lowest BCUT2D eigenvalue weighted by Crippen LogP contribution is -2.38. The summed E-state index contributed by atoms with van der Waals surface area (Å²) >= 11 is 1.89. The van der Waals surface area contributed by atoms with Crippen molar-refractivity contribution in [3.05, 3.63) is 0 Å². The molecule has 1 heterocycles. The van der Waals surface area contributed by atoms with E-state index in [9.17, 15) is 0 Å². The molecule has 2 atom stereocenters. The van der Waals surface area contributed by atoms with Crippen LogP contribution in [0.5, 0.6) is 0 Å². The highest BCUT2D eigenvalue weighted by Crippen LogP contribution is 2.22. The molecule has 82 valence electrons. The van der Waals surface area contributed by atoms with E-state index in [0.717, 1.165) is 17.0 Å². The van der Waals surface area contributed by atoms with Gasteiger partial charge >= 0.3 is 0 Å². The van der Waals surface area contributed by atoms with Crippen molar-refractivity contribution in [2.24, 2.45) is 4.99 Å². The van der Waals surface area contributed by atoms with E-state index in [1.807, 2.05) is 11.8 Å². The number of aliphatic imine (C=N–C) groups is 1. The van der Waals surface area contributed by atoms with Crippen LogP contribution in [0, 0.1) is 0 Å². The number of thioether (sulfide) groups is 1. The fourth-order valence-corrected chi connectivity index (χ4v) is 2.87. The molecule has 0 aliphatic carbocycles. The summed E-state index contributed by atoms with van der Waals surface area (Å²) in [5.41, 5.74) is 0. The van der Waals surface area contributed by atoms with Gasteiger partial charge in [0.05, 0.1) is 0 Å². The predicted molar refractivity (Wildman–Crippen MR) is 66.1 cm³/mol. The average molecular weight is 214 g/mol. The Balaban J connectivity index is 2.27. The van der Waals surface area contributed by atoms with E-state index in [1.54, 1.807) is 0 Å². The summed E-state index contributed by atoms with van der Waals surface area (Å²) in [6.07, 6.45) is 5.05. The van der Waals surface area contributed by atoms with Gasteiger partial charge in [-0.1, -0.05) is 38.5 Å². The van der Waals surface area contributed by atoms with Gasteiger partial charge in [0.2, 0.25) is 0 Å². The van der Waals surface area contributed by atoms with Crippen LogP contribution in [0.4, 0.5) is 0 Å². The van der Waals surface area contributed by atoms with Gasteiger partial charge in [0.1, 0.15) is 0 Å². The highest BCUT2D eigenvalue weighted by Gasteiger charge is 2.19. The maximum absolute atomic E-state index is 4.59. The highest BCUT2D eigenvalue weighted by molar-refractivity contribution is 8.14. The van der Waals surface area contributed by atoms with Crippen LogP contribution in [-0.2, 0) is 0 Å². The molecule has 0 radical (unpaired) electrons. The van der Waals surface area contributed by atoms with Crippen molar-refractivity contribution < 1.29 is 0 Å². The second kappa shape index (κ2) is 6.33. The second-order valence-electron chi connectivity index (χ2n) is 4.10. The molecular weight excluding hydrogens is 192 g/mol. The van der Waals surface area contributed by atoms with E-state index in [1.165, 1.54) is 25.7 Å². The molecule has 1 rings (SSSR count). The average Bonchev–Trinajstić information content (AvgIpc) is 2.11. The summed E-state index contributed by atoms with van der Waals surface area (Å²) in [7, 11) is 0. The minimum Gasteiger partial charge on any atom is -0.362 e. The van der Waals surface area contributed by atoms with Gasteiger partial charge in [-0.2, -0.15) is 0 Å². The fourth-order valence-electron chi connectivity index (χ4n) is 1.67. The molecule has 2 unspecified atom stereocenters. The van der Waals surface area contributed by atoms with Gasteiger partial charge in [-0.05, 0) is 19.8 Å². The first kappa shape index (κ1) is 11.9. The highest BCUT2D eigenvalue weighted by atomic mass is 32.2. The van der Waals surface area contributed by atoms with Gasteiger partial charge < -0.3 is 5.32 Å². The van der Waals surface area contributed by atoms with Gasteiger partial charge in [-0.3, -0.25) is 4.99 Å². The third-order valence-corrected chi connectivity index (χ3v) is 3.45. The summed E-state index contributed by atoms with van der Waals surface area (Å²) in [4.78, 5) is 4.59. The Labute approximate surface area is 92.0 Å². The van der Waals surface area contributed by atoms with E-state index in [0.29, 0.717) is 6.04 Å². The predicted octanol–water partition coefficient (Wildman–Crippen LogP) is 3.04. The first-order chi connectivity index (χ1) is 6.72. The summed E-state index contributed by atoms with van der Waals surface area (Å²) < 4.78 is 0. The Hall–Kier alpha value is -0.180. The molecule has 1 aliphatic rings. The Bertz CT molecular complexity index is 180. The summed E-state index contributed by atoms with van der Waals surface area (Å²) in [5.74, 6) is 0. The topological polar surface area (TPSA) is 24.4 Å². The third kappa shape index (κ3) is 4.36. The number of nitrogens with one attached hydrogen (secondary N) is 1. The molecule has 0 aromatic rings. The van der Waals surface area contributed by atoms with Gasteiger partial charge in [0, 0.05) is 17.8 Å². The molecule has 0 spiro atoms. The van der Waals surface area contributed by atoms with Gasteiger partial charge in [-0.25, -0.2) is 0 Å². The van der Waals surface area contributed by atoms with E-state index in [-0.39, 0.29) is 0 Å². The third-order valence-electron chi connectivity index (χ3n) is 2.39. The monoisotopic (exact) mass is 214 g/mol. The van der Waals surface area contributed by atoms with Crippen molar-refractivity contribution in [2.45, 2.75) is 57.7 Å². The van der Waals surface area contributed by atoms with Crippen LogP contribution < -0.4 is 5.32 Å². The number of unbranched alkanes of at least 4 members (excludes halogenated alkanes) is 2. The van der Waals surface area contributed by atoms with Crippen molar-refractivity contribution in [1.82, 2.24) is 5.32 Å². The summed E-state index contributed by atoms with van der Waals surface area (Å²) in [5, 5.41) is 5.31. The smallest absolute Gasteiger partial charge is 0.157 e. The molecule has 14 heavy (non-hydrogen) atoms. The zero-order chi connectivity index (χ0) is 10.4. The van der Waals surface area contributed by atoms with Crippen LogP contribution in [0.2, 0.25) is 0 Å². The van der Waals surface area contributed by atoms with Crippen LogP contribution in [0.15, 0.2) is 4.99 Å². The lowest BCUT2D eigenvalue weighted by molar-refractivity contribution is 0.596. The van der Waals surface area contributed by atoms with Crippen molar-refractivity contribution >= 4 is 16.9 Å². The molecule has 0 aromatic heterocycles. The SMILES string of the molecule is CCCCCN=C1NC(C)CC(C)S1. The number of amidine groups is 1. The van der Waals surface area contributed by atoms with Crippen LogP contribution in [-0.4, -0.2) is 23.0 Å². The lowest BCUT2D eigenvalue weighted by Gasteiger charge is -2.26. The molecular formula is C11H22N2S. The van der Waals surface area contributed by atoms with Gasteiger partial charge in [0.25, 0.3) is 0 Å². The zero-order valence-electron chi connectivity index (χ0n) is 9.55. The molecule has 0 amide bonds. The number of nitrogens with zero attached hydrogens (tertiary/aromatic N) is 1. The normalized spacial score (nSPS) is 30.4. The molecule has 1 saturated heterocycles. The molecule has 2 nitrogen and oxygen atoms in total. The van der Waals surface area contributed by atoms with Crippen LogP contribution in [0.1, 0.15) is 46.5 Å². The van der Waals surface area contributed by atoms with Crippen molar-refractivity contribution in [2.75, 3.05) is 6.54 Å². The van der Waals surface area contributed by atoms with Crippen molar-refractivity contribution in [3.8, 4) is 0 Å². The van der Waals surface area contributed by atoms with E-state index in [4.69, 9.17) is 0 Å². The standard InChI is InChI=1S/C11H22N2S/c1-4-5-6-7-12-11-13-9(2)8-10(3)14-11/h9-10H,4-8H2,1-3H3,(H,12,13). The summed E-state index contributed by atoms with van der Waals surface area (Å²) in [6.45, 7) is 7.73. The molecule has 1 fully saturated rings. The maximum Gasteiger partial charge on any atom is 0.157 e. The summed E-state index contributed by atoms with van der Waals surface area (Å²) in [6, 6.07) is 0.594. The quantitative estimate of drug-likeness (QED) is 0.727. The van der Waals surface area contributed by atoms with E-state index >= 15 is 0 Å². The van der Waals surface area contributed by atoms with Crippen molar-refractivity contribution in [3.63, 3.8) is 0 Å². The minimum atomic E-state index is 0.594.